The normalized spacial score (nSPS) is 12.1. The van der Waals surface area contributed by atoms with E-state index in [1.807, 2.05) is 48.2 Å². The van der Waals surface area contributed by atoms with Crippen molar-refractivity contribution in [2.24, 2.45) is 0 Å². The number of nitrogens with one attached hydrogen (secondary N) is 2. The van der Waals surface area contributed by atoms with Gasteiger partial charge >= 0.3 is 0 Å². The molecule has 0 radical (unpaired) electrons. The molecule has 32 heavy (non-hydrogen) atoms. The van der Waals surface area contributed by atoms with Crippen molar-refractivity contribution in [3.63, 3.8) is 0 Å². The van der Waals surface area contributed by atoms with Gasteiger partial charge in [0.15, 0.2) is 0 Å². The lowest BCUT2D eigenvalue weighted by Gasteiger charge is -2.29. The van der Waals surface area contributed by atoms with Crippen LogP contribution in [0.2, 0.25) is 0 Å². The van der Waals surface area contributed by atoms with Crippen molar-refractivity contribution < 1.29 is 9.18 Å². The molecule has 162 valence electrons. The average Bonchev–Trinajstić information content (AvgIpc) is 2.81. The Balaban J connectivity index is 1.66. The first-order valence-electron chi connectivity index (χ1n) is 10.4. The molecule has 1 unspecified atom stereocenters. The van der Waals surface area contributed by atoms with Crippen LogP contribution in [-0.4, -0.2) is 27.3 Å². The second-order valence-electron chi connectivity index (χ2n) is 7.40. The van der Waals surface area contributed by atoms with Crippen LogP contribution in [-0.2, 0) is 11.3 Å². The summed E-state index contributed by atoms with van der Waals surface area (Å²) in [6, 6.07) is 21.6. The fourth-order valence-corrected chi connectivity index (χ4v) is 3.69. The first kappa shape index (κ1) is 21.4. The standard InChI is InChI=1S/C25H23FN4O2/c1-2-30(16-22-28-21-11-7-6-10-20(21)24(31)29-22)23(17-8-4-3-5-9-17)25(32)27-19-14-12-18(26)13-15-19/h3-15,23H,2,16H2,1H3,(H,27,32)(H,28,29,31). The van der Waals surface area contributed by atoms with Gasteiger partial charge in [-0.15, -0.1) is 0 Å². The summed E-state index contributed by atoms with van der Waals surface area (Å²) in [5, 5.41) is 3.39. The summed E-state index contributed by atoms with van der Waals surface area (Å²) in [6.45, 7) is 2.75. The number of amides is 1. The molecule has 2 N–H and O–H groups in total. The zero-order valence-electron chi connectivity index (χ0n) is 17.6. The number of aromatic amines is 1. The quantitative estimate of drug-likeness (QED) is 0.459. The van der Waals surface area contributed by atoms with Gasteiger partial charge < -0.3 is 10.3 Å². The number of anilines is 1. The number of rotatable bonds is 7. The Hall–Kier alpha value is -3.84. The molecule has 4 aromatic rings. The first-order valence-corrected chi connectivity index (χ1v) is 10.4. The third-order valence-corrected chi connectivity index (χ3v) is 5.26. The van der Waals surface area contributed by atoms with E-state index in [-0.39, 0.29) is 23.8 Å². The molecule has 0 spiro atoms. The summed E-state index contributed by atoms with van der Waals surface area (Å²) in [5.74, 6) is -0.150. The number of carbonyl (C=O) groups excluding carboxylic acids is 1. The number of fused-ring (bicyclic) bond motifs is 1. The van der Waals surface area contributed by atoms with Gasteiger partial charge in [0, 0.05) is 5.69 Å². The third-order valence-electron chi connectivity index (χ3n) is 5.26. The van der Waals surface area contributed by atoms with E-state index in [9.17, 15) is 14.0 Å². The lowest BCUT2D eigenvalue weighted by molar-refractivity contribution is -0.121. The van der Waals surface area contributed by atoms with E-state index in [2.05, 4.69) is 15.3 Å². The van der Waals surface area contributed by atoms with Crippen LogP contribution in [0.25, 0.3) is 10.9 Å². The Kier molecular flexibility index (Phi) is 6.37. The molecule has 0 saturated heterocycles. The van der Waals surface area contributed by atoms with Crippen LogP contribution in [0.4, 0.5) is 10.1 Å². The van der Waals surface area contributed by atoms with E-state index in [1.54, 1.807) is 18.2 Å². The highest BCUT2D eigenvalue weighted by Gasteiger charge is 2.27. The highest BCUT2D eigenvalue weighted by atomic mass is 19.1. The Bertz CT molecular complexity index is 1270. The molecular weight excluding hydrogens is 407 g/mol. The van der Waals surface area contributed by atoms with Crippen molar-refractivity contribution >= 4 is 22.5 Å². The lowest BCUT2D eigenvalue weighted by atomic mass is 10.0. The number of halogens is 1. The highest BCUT2D eigenvalue weighted by Crippen LogP contribution is 2.24. The summed E-state index contributed by atoms with van der Waals surface area (Å²) < 4.78 is 13.3. The van der Waals surface area contributed by atoms with E-state index in [4.69, 9.17) is 0 Å². The van der Waals surface area contributed by atoms with Crippen molar-refractivity contribution in [3.05, 3.63) is 106 Å². The van der Waals surface area contributed by atoms with Crippen LogP contribution >= 0.6 is 0 Å². The number of carbonyl (C=O) groups is 1. The van der Waals surface area contributed by atoms with Crippen molar-refractivity contribution in [2.75, 3.05) is 11.9 Å². The molecule has 0 fully saturated rings. The summed E-state index contributed by atoms with van der Waals surface area (Å²) in [4.78, 5) is 35.2. The highest BCUT2D eigenvalue weighted by molar-refractivity contribution is 5.95. The topological polar surface area (TPSA) is 78.1 Å². The molecule has 1 aromatic heterocycles. The summed E-state index contributed by atoms with van der Waals surface area (Å²) in [7, 11) is 0. The molecule has 4 rings (SSSR count). The fourth-order valence-electron chi connectivity index (χ4n) is 3.69. The van der Waals surface area contributed by atoms with Gasteiger partial charge in [0.2, 0.25) is 5.91 Å². The number of hydrogen-bond acceptors (Lipinski definition) is 4. The van der Waals surface area contributed by atoms with Crippen molar-refractivity contribution in [1.29, 1.82) is 0 Å². The minimum absolute atomic E-state index is 0.214. The van der Waals surface area contributed by atoms with Crippen molar-refractivity contribution in [1.82, 2.24) is 14.9 Å². The predicted molar refractivity (Wildman–Crippen MR) is 123 cm³/mol. The molecular formula is C25H23FN4O2. The molecule has 0 bridgehead atoms. The molecule has 0 aliphatic heterocycles. The summed E-state index contributed by atoms with van der Waals surface area (Å²) in [5.41, 5.74) is 1.70. The number of hydrogen-bond donors (Lipinski definition) is 2. The molecule has 0 saturated carbocycles. The van der Waals surface area contributed by atoms with Gasteiger partial charge in [0.05, 0.1) is 17.4 Å². The van der Waals surface area contributed by atoms with Gasteiger partial charge in [0.1, 0.15) is 17.7 Å². The Labute approximate surface area is 184 Å². The zero-order chi connectivity index (χ0) is 22.5. The molecule has 0 aliphatic carbocycles. The van der Waals surface area contributed by atoms with Crippen LogP contribution in [0, 0.1) is 5.82 Å². The Morgan fingerprint density at radius 3 is 2.44 bits per heavy atom. The SMILES string of the molecule is CCN(Cc1nc2ccccc2c(=O)[nH]1)C(C(=O)Nc1ccc(F)cc1)c1ccccc1. The number of benzene rings is 3. The molecule has 1 heterocycles. The number of para-hydroxylation sites is 1. The number of H-pyrrole nitrogens is 1. The Morgan fingerprint density at radius 2 is 1.72 bits per heavy atom. The largest absolute Gasteiger partial charge is 0.324 e. The average molecular weight is 430 g/mol. The molecule has 0 aliphatic rings. The van der Waals surface area contributed by atoms with Gasteiger partial charge in [-0.2, -0.15) is 0 Å². The summed E-state index contributed by atoms with van der Waals surface area (Å²) >= 11 is 0. The van der Waals surface area contributed by atoms with E-state index in [0.29, 0.717) is 29.0 Å². The van der Waals surface area contributed by atoms with Crippen molar-refractivity contribution in [2.45, 2.75) is 19.5 Å². The first-order chi connectivity index (χ1) is 15.5. The molecule has 6 nitrogen and oxygen atoms in total. The predicted octanol–water partition coefficient (Wildman–Crippen LogP) is 4.26. The van der Waals surface area contributed by atoms with E-state index in [0.717, 1.165) is 5.56 Å². The molecule has 7 heteroatoms. The smallest absolute Gasteiger partial charge is 0.258 e. The van der Waals surface area contributed by atoms with Crippen LogP contribution in [0.3, 0.4) is 0 Å². The maximum absolute atomic E-state index is 13.3. The van der Waals surface area contributed by atoms with Gasteiger partial charge in [-0.25, -0.2) is 9.37 Å². The minimum Gasteiger partial charge on any atom is -0.324 e. The van der Waals surface area contributed by atoms with E-state index >= 15 is 0 Å². The third kappa shape index (κ3) is 4.73. The van der Waals surface area contributed by atoms with Crippen molar-refractivity contribution in [3.8, 4) is 0 Å². The van der Waals surface area contributed by atoms with E-state index in [1.165, 1.54) is 24.3 Å². The van der Waals surface area contributed by atoms with Crippen LogP contribution < -0.4 is 10.9 Å². The van der Waals surface area contributed by atoms with Gasteiger partial charge in [-0.05, 0) is 48.5 Å². The Morgan fingerprint density at radius 1 is 1.03 bits per heavy atom. The lowest BCUT2D eigenvalue weighted by Crippen LogP contribution is -2.37. The monoisotopic (exact) mass is 430 g/mol. The second-order valence-corrected chi connectivity index (χ2v) is 7.40. The number of likely N-dealkylation sites (N-methyl/N-ethyl adjacent to an activating group) is 1. The maximum Gasteiger partial charge on any atom is 0.258 e. The number of aromatic nitrogens is 2. The fraction of sp³-hybridized carbons (Fsp3) is 0.160. The maximum atomic E-state index is 13.3. The second kappa shape index (κ2) is 9.53. The number of nitrogens with zero attached hydrogens (tertiary/aromatic N) is 2. The van der Waals surface area contributed by atoms with Crippen LogP contribution in [0.15, 0.2) is 83.7 Å². The van der Waals surface area contributed by atoms with E-state index < -0.39 is 6.04 Å². The van der Waals surface area contributed by atoms with Gasteiger partial charge in [-0.3, -0.25) is 14.5 Å². The molecule has 1 amide bonds. The van der Waals surface area contributed by atoms with Crippen LogP contribution in [0.5, 0.6) is 0 Å². The molecule has 3 aromatic carbocycles. The van der Waals surface area contributed by atoms with Gasteiger partial charge in [0.25, 0.3) is 5.56 Å². The van der Waals surface area contributed by atoms with Crippen LogP contribution in [0.1, 0.15) is 24.4 Å². The zero-order valence-corrected chi connectivity index (χ0v) is 17.6. The van der Waals surface area contributed by atoms with Gasteiger partial charge in [-0.1, -0.05) is 49.4 Å². The minimum atomic E-state index is -0.636. The molecule has 1 atom stereocenters. The summed E-state index contributed by atoms with van der Waals surface area (Å²) in [6.07, 6.45) is 0.